The number of hydrogen-bond donors (Lipinski definition) is 0. The normalized spacial score (nSPS) is 15.6. The Kier molecular flexibility index (Phi) is 5.43. The molecule has 1 aromatic carbocycles. The van der Waals surface area contributed by atoms with Crippen LogP contribution in [0, 0.1) is 0 Å². The SMILES string of the molecule is CCn1c(=O)n(CC(=O)N2CCCCC2)c2cc(S(=O)(=O)N(C)C)ccc21. The van der Waals surface area contributed by atoms with Crippen molar-refractivity contribution in [3.63, 3.8) is 0 Å². The molecule has 1 aliphatic heterocycles. The van der Waals surface area contributed by atoms with Crippen molar-refractivity contribution in [2.45, 2.75) is 44.2 Å². The second kappa shape index (κ2) is 7.47. The van der Waals surface area contributed by atoms with Crippen LogP contribution < -0.4 is 5.69 Å². The quantitative estimate of drug-likeness (QED) is 0.760. The van der Waals surface area contributed by atoms with Gasteiger partial charge in [0.2, 0.25) is 15.9 Å². The fourth-order valence-electron chi connectivity index (χ4n) is 3.51. The Morgan fingerprint density at radius 2 is 1.74 bits per heavy atom. The maximum Gasteiger partial charge on any atom is 0.329 e. The molecule has 2 heterocycles. The van der Waals surface area contributed by atoms with E-state index in [4.69, 9.17) is 0 Å². The van der Waals surface area contributed by atoms with Crippen molar-refractivity contribution in [1.82, 2.24) is 18.3 Å². The van der Waals surface area contributed by atoms with Gasteiger partial charge in [-0.1, -0.05) is 0 Å². The summed E-state index contributed by atoms with van der Waals surface area (Å²) < 4.78 is 29.0. The van der Waals surface area contributed by atoms with E-state index in [2.05, 4.69) is 0 Å². The Labute approximate surface area is 159 Å². The van der Waals surface area contributed by atoms with Gasteiger partial charge in [-0.3, -0.25) is 13.9 Å². The van der Waals surface area contributed by atoms with Crippen LogP contribution in [0.15, 0.2) is 27.9 Å². The highest BCUT2D eigenvalue weighted by Crippen LogP contribution is 2.21. The molecule has 148 valence electrons. The van der Waals surface area contributed by atoms with E-state index in [0.29, 0.717) is 30.7 Å². The number of piperidine rings is 1. The fraction of sp³-hybridized carbons (Fsp3) is 0.556. The lowest BCUT2D eigenvalue weighted by molar-refractivity contribution is -0.132. The summed E-state index contributed by atoms with van der Waals surface area (Å²) in [5, 5.41) is 0. The molecule has 0 radical (unpaired) electrons. The van der Waals surface area contributed by atoms with Crippen molar-refractivity contribution in [3.8, 4) is 0 Å². The largest absolute Gasteiger partial charge is 0.341 e. The predicted molar refractivity (Wildman–Crippen MR) is 103 cm³/mol. The number of hydrogen-bond acceptors (Lipinski definition) is 4. The number of amides is 1. The van der Waals surface area contributed by atoms with Crippen LogP contribution in [-0.2, 0) is 27.9 Å². The van der Waals surface area contributed by atoms with Gasteiger partial charge in [-0.15, -0.1) is 0 Å². The molecule has 27 heavy (non-hydrogen) atoms. The van der Waals surface area contributed by atoms with Gasteiger partial charge in [-0.05, 0) is 44.4 Å². The number of nitrogens with zero attached hydrogens (tertiary/aromatic N) is 4. The maximum atomic E-state index is 12.8. The molecular weight excluding hydrogens is 368 g/mol. The summed E-state index contributed by atoms with van der Waals surface area (Å²) in [4.78, 5) is 27.4. The number of likely N-dealkylation sites (tertiary alicyclic amines) is 1. The number of aryl methyl sites for hydroxylation is 1. The van der Waals surface area contributed by atoms with Crippen molar-refractivity contribution in [1.29, 1.82) is 0 Å². The van der Waals surface area contributed by atoms with E-state index in [1.54, 1.807) is 15.5 Å². The summed E-state index contributed by atoms with van der Waals surface area (Å²) in [5.74, 6) is -0.104. The van der Waals surface area contributed by atoms with Crippen molar-refractivity contribution >= 4 is 27.0 Å². The standard InChI is InChI=1S/C18H26N4O4S/c1-4-21-15-9-8-14(27(25,26)19(2)3)12-16(15)22(18(21)24)13-17(23)20-10-6-5-7-11-20/h8-9,12H,4-7,10-11,13H2,1-3H3. The molecular formula is C18H26N4O4S. The summed E-state index contributed by atoms with van der Waals surface area (Å²) in [7, 11) is -0.707. The number of carbonyl (C=O) groups is 1. The van der Waals surface area contributed by atoms with Crippen LogP contribution in [-0.4, -0.2) is 59.8 Å². The van der Waals surface area contributed by atoms with Gasteiger partial charge in [0, 0.05) is 33.7 Å². The topological polar surface area (TPSA) is 84.6 Å². The summed E-state index contributed by atoms with van der Waals surface area (Å²) in [6.45, 7) is 3.64. The number of sulfonamides is 1. The molecule has 3 rings (SSSR count). The third-order valence-electron chi connectivity index (χ3n) is 5.09. The van der Waals surface area contributed by atoms with Gasteiger partial charge < -0.3 is 4.90 Å². The second-order valence-corrected chi connectivity index (χ2v) is 9.14. The number of fused-ring (bicyclic) bond motifs is 1. The molecule has 0 atom stereocenters. The monoisotopic (exact) mass is 394 g/mol. The van der Waals surface area contributed by atoms with Gasteiger partial charge in [-0.25, -0.2) is 17.5 Å². The minimum Gasteiger partial charge on any atom is -0.341 e. The van der Waals surface area contributed by atoms with Crippen molar-refractivity contribution in [3.05, 3.63) is 28.7 Å². The zero-order valence-corrected chi connectivity index (χ0v) is 16.8. The number of carbonyl (C=O) groups excluding carboxylic acids is 1. The van der Waals surface area contributed by atoms with Gasteiger partial charge in [0.25, 0.3) is 0 Å². The zero-order valence-electron chi connectivity index (χ0n) is 16.0. The first-order valence-electron chi connectivity index (χ1n) is 9.20. The lowest BCUT2D eigenvalue weighted by Crippen LogP contribution is -2.39. The van der Waals surface area contributed by atoms with Gasteiger partial charge in [-0.2, -0.15) is 0 Å². The minimum absolute atomic E-state index is 0.0756. The van der Waals surface area contributed by atoms with Crippen LogP contribution in [0.3, 0.4) is 0 Å². The lowest BCUT2D eigenvalue weighted by atomic mass is 10.1. The van der Waals surface area contributed by atoms with Crippen LogP contribution in [0.4, 0.5) is 0 Å². The number of rotatable bonds is 5. The number of imidazole rings is 1. The van der Waals surface area contributed by atoms with Crippen LogP contribution in [0.2, 0.25) is 0 Å². The summed E-state index contributed by atoms with van der Waals surface area (Å²) in [6, 6.07) is 4.63. The molecule has 1 aliphatic rings. The molecule has 1 amide bonds. The molecule has 8 nitrogen and oxygen atoms in total. The zero-order chi connectivity index (χ0) is 19.8. The third kappa shape index (κ3) is 3.53. The molecule has 0 saturated carbocycles. The van der Waals surface area contributed by atoms with Crippen molar-refractivity contribution in [2.24, 2.45) is 0 Å². The molecule has 0 bridgehead atoms. The van der Waals surface area contributed by atoms with E-state index in [1.807, 2.05) is 6.92 Å². The molecule has 1 saturated heterocycles. The van der Waals surface area contributed by atoms with E-state index in [9.17, 15) is 18.0 Å². The first-order valence-corrected chi connectivity index (χ1v) is 10.6. The van der Waals surface area contributed by atoms with Gasteiger partial charge >= 0.3 is 5.69 Å². The predicted octanol–water partition coefficient (Wildman–Crippen LogP) is 1.09. The minimum atomic E-state index is -3.63. The first kappa shape index (κ1) is 19.6. The Morgan fingerprint density at radius 3 is 2.33 bits per heavy atom. The number of benzene rings is 1. The van der Waals surface area contributed by atoms with E-state index >= 15 is 0 Å². The Morgan fingerprint density at radius 1 is 1.07 bits per heavy atom. The first-order chi connectivity index (χ1) is 12.8. The highest BCUT2D eigenvalue weighted by molar-refractivity contribution is 7.89. The van der Waals surface area contributed by atoms with E-state index < -0.39 is 10.0 Å². The smallest absolute Gasteiger partial charge is 0.329 e. The Balaban J connectivity index is 2.08. The molecule has 1 aromatic heterocycles. The molecule has 0 aliphatic carbocycles. The van der Waals surface area contributed by atoms with Gasteiger partial charge in [0.15, 0.2) is 0 Å². The highest BCUT2D eigenvalue weighted by atomic mass is 32.2. The van der Waals surface area contributed by atoms with Crippen LogP contribution in [0.1, 0.15) is 26.2 Å². The van der Waals surface area contributed by atoms with Gasteiger partial charge in [0.05, 0.1) is 15.9 Å². The van der Waals surface area contributed by atoms with Crippen LogP contribution >= 0.6 is 0 Å². The highest BCUT2D eigenvalue weighted by Gasteiger charge is 2.23. The molecule has 0 unspecified atom stereocenters. The van der Waals surface area contributed by atoms with Crippen molar-refractivity contribution in [2.75, 3.05) is 27.2 Å². The lowest BCUT2D eigenvalue weighted by Gasteiger charge is -2.26. The summed E-state index contributed by atoms with van der Waals surface area (Å²) in [5.41, 5.74) is 0.805. The maximum absolute atomic E-state index is 12.8. The average Bonchev–Trinajstić information content (AvgIpc) is 2.92. The fourth-order valence-corrected chi connectivity index (χ4v) is 4.43. The van der Waals surface area contributed by atoms with E-state index in [0.717, 1.165) is 23.6 Å². The van der Waals surface area contributed by atoms with Crippen LogP contribution in [0.5, 0.6) is 0 Å². The number of aromatic nitrogens is 2. The van der Waals surface area contributed by atoms with Crippen molar-refractivity contribution < 1.29 is 13.2 Å². The van der Waals surface area contributed by atoms with E-state index in [1.165, 1.54) is 30.8 Å². The molecule has 0 spiro atoms. The average molecular weight is 394 g/mol. The second-order valence-electron chi connectivity index (χ2n) is 6.99. The van der Waals surface area contributed by atoms with E-state index in [-0.39, 0.29) is 23.0 Å². The molecule has 9 heteroatoms. The van der Waals surface area contributed by atoms with Gasteiger partial charge in [0.1, 0.15) is 6.54 Å². The summed E-state index contributed by atoms with van der Waals surface area (Å²) in [6.07, 6.45) is 3.07. The Bertz CT molecular complexity index is 1010. The van der Waals surface area contributed by atoms with Crippen LogP contribution in [0.25, 0.3) is 11.0 Å². The molecule has 0 N–H and O–H groups in total. The Hall–Kier alpha value is -2.13. The molecule has 1 fully saturated rings. The third-order valence-corrected chi connectivity index (χ3v) is 6.90. The molecule has 2 aromatic rings. The summed E-state index contributed by atoms with van der Waals surface area (Å²) >= 11 is 0.